The summed E-state index contributed by atoms with van der Waals surface area (Å²) in [7, 11) is 8.39. The van der Waals surface area contributed by atoms with E-state index >= 15 is 0 Å². The molecule has 2 aromatic carbocycles. The Morgan fingerprint density at radius 3 is 1.62 bits per heavy atom. The second kappa shape index (κ2) is 9.46. The Hall–Kier alpha value is -1.02. The molecule has 0 fully saturated rings. The fourth-order valence-electron chi connectivity index (χ4n) is 2.66. The van der Waals surface area contributed by atoms with Crippen molar-refractivity contribution in [3.05, 3.63) is 59.7 Å². The molecule has 0 aliphatic heterocycles. The minimum absolute atomic E-state index is 0.916. The van der Waals surface area contributed by atoms with Crippen LogP contribution in [-0.2, 0) is 13.1 Å². The van der Waals surface area contributed by atoms with Crippen LogP contribution in [0.5, 0.6) is 0 Å². The van der Waals surface area contributed by atoms with E-state index in [1.807, 2.05) is 0 Å². The Kier molecular flexibility index (Phi) is 7.61. The van der Waals surface area contributed by atoms with Crippen LogP contribution in [0.4, 0.5) is 0 Å². The van der Waals surface area contributed by atoms with E-state index < -0.39 is 20.5 Å². The molecule has 0 unspecified atom stereocenters. The van der Waals surface area contributed by atoms with Crippen LogP contribution in [0, 0.1) is 0 Å². The van der Waals surface area contributed by atoms with E-state index in [-0.39, 0.29) is 0 Å². The van der Waals surface area contributed by atoms with Gasteiger partial charge in [0.1, 0.15) is 0 Å². The van der Waals surface area contributed by atoms with Gasteiger partial charge in [0.15, 0.2) is 0 Å². The van der Waals surface area contributed by atoms with Gasteiger partial charge in [-0.2, -0.15) is 0 Å². The summed E-state index contributed by atoms with van der Waals surface area (Å²) in [6, 6.07) is 17.3. The zero-order valence-electron chi connectivity index (χ0n) is 14.7. The van der Waals surface area contributed by atoms with Crippen molar-refractivity contribution in [1.29, 1.82) is 0 Å². The minimum atomic E-state index is -2.33. The predicted molar refractivity (Wildman–Crippen MR) is 108 cm³/mol. The second-order valence-electron chi connectivity index (χ2n) is 6.24. The first-order valence-electron chi connectivity index (χ1n) is 7.86. The molecule has 5 heteroatoms. The van der Waals surface area contributed by atoms with E-state index in [0.717, 1.165) is 13.1 Å². The van der Waals surface area contributed by atoms with Gasteiger partial charge in [-0.3, -0.25) is 0 Å². The van der Waals surface area contributed by atoms with Crippen LogP contribution >= 0.6 is 12.2 Å². The molecule has 2 aromatic rings. The number of rotatable bonds is 7. The zero-order chi connectivity index (χ0) is 17.5. The van der Waals surface area contributed by atoms with Crippen LogP contribution in [0.15, 0.2) is 51.7 Å². The molecule has 0 amide bonds. The molecule has 0 N–H and O–H groups in total. The Morgan fingerprint density at radius 1 is 0.833 bits per heavy atom. The second-order valence-corrected chi connectivity index (χ2v) is 11.5. The van der Waals surface area contributed by atoms with E-state index in [0.29, 0.717) is 0 Å². The molecule has 0 aliphatic carbocycles. The van der Waals surface area contributed by atoms with Crippen molar-refractivity contribution in [2.75, 3.05) is 28.2 Å². The molecular formula is C19H24N3SSb. The van der Waals surface area contributed by atoms with E-state index in [1.54, 1.807) is 0 Å². The SMILES string of the molecule is CN(C)Cc1cccc[c]1[Sb]([N]=C=S)[c]1ccccc1CN(C)C. The van der Waals surface area contributed by atoms with E-state index in [4.69, 9.17) is 15.4 Å². The van der Waals surface area contributed by atoms with Crippen molar-refractivity contribution >= 4 is 44.9 Å². The van der Waals surface area contributed by atoms with Crippen LogP contribution < -0.4 is 7.02 Å². The summed E-state index contributed by atoms with van der Waals surface area (Å²) >= 11 is 2.67. The maximum atomic E-state index is 5.00. The van der Waals surface area contributed by atoms with Gasteiger partial charge in [0.2, 0.25) is 0 Å². The van der Waals surface area contributed by atoms with Gasteiger partial charge in [-0.05, 0) is 0 Å². The Morgan fingerprint density at radius 2 is 1.25 bits per heavy atom. The standard InChI is InChI=1S/2C9H12N.CNS.Sb/c2*1-10(2)8-9-6-4-3-5-7-9;2-1-3;/h2*3-6H,8H2,1-2H3;;/q;;-1;+1. The van der Waals surface area contributed by atoms with Crippen molar-refractivity contribution in [2.24, 2.45) is 3.15 Å². The molecule has 24 heavy (non-hydrogen) atoms. The van der Waals surface area contributed by atoms with Crippen molar-refractivity contribution < 1.29 is 0 Å². The molecule has 0 heterocycles. The molecule has 0 bridgehead atoms. The number of nitrogens with zero attached hydrogens (tertiary/aromatic N) is 3. The number of hydrogen-bond acceptors (Lipinski definition) is 4. The summed E-state index contributed by atoms with van der Waals surface area (Å²) < 4.78 is 7.46. The quantitative estimate of drug-likeness (QED) is 0.367. The summed E-state index contributed by atoms with van der Waals surface area (Å²) in [6.07, 6.45) is 0. The van der Waals surface area contributed by atoms with Gasteiger partial charge in [0.25, 0.3) is 0 Å². The predicted octanol–water partition coefficient (Wildman–Crippen LogP) is 2.02. The molecule has 0 radical (unpaired) electrons. The molecule has 0 saturated heterocycles. The molecule has 3 nitrogen and oxygen atoms in total. The summed E-state index contributed by atoms with van der Waals surface area (Å²) in [5, 5.41) is 2.69. The maximum absolute atomic E-state index is 5.00. The van der Waals surface area contributed by atoms with Gasteiger partial charge < -0.3 is 0 Å². The van der Waals surface area contributed by atoms with Gasteiger partial charge in [0.05, 0.1) is 0 Å². The summed E-state index contributed by atoms with van der Waals surface area (Å²) in [5.41, 5.74) is 2.69. The number of isothiocyanates is 1. The molecule has 0 saturated carbocycles. The molecule has 0 aliphatic rings. The molecular weight excluding hydrogens is 424 g/mol. The number of benzene rings is 2. The fraction of sp³-hybridized carbons (Fsp3) is 0.316. The fourth-order valence-corrected chi connectivity index (χ4v) is 8.48. The first-order chi connectivity index (χ1) is 11.5. The average Bonchev–Trinajstić information content (AvgIpc) is 2.53. The number of hydrogen-bond donors (Lipinski definition) is 0. The van der Waals surface area contributed by atoms with Crippen molar-refractivity contribution in [2.45, 2.75) is 13.1 Å². The summed E-state index contributed by atoms with van der Waals surface area (Å²) in [6.45, 7) is 1.83. The van der Waals surface area contributed by atoms with Crippen LogP contribution in [0.1, 0.15) is 11.1 Å². The molecule has 2 rings (SSSR count). The molecule has 0 atom stereocenters. The van der Waals surface area contributed by atoms with Crippen LogP contribution in [-0.4, -0.2) is 63.6 Å². The Labute approximate surface area is 158 Å². The number of thiocarbonyl (C=S) groups is 1. The van der Waals surface area contributed by atoms with Crippen LogP contribution in [0.2, 0.25) is 0 Å². The van der Waals surface area contributed by atoms with Gasteiger partial charge in [-0.25, -0.2) is 0 Å². The normalized spacial score (nSPS) is 11.1. The van der Waals surface area contributed by atoms with Crippen LogP contribution in [0.25, 0.3) is 0 Å². The summed E-state index contributed by atoms with van der Waals surface area (Å²) in [5.74, 6) is 0. The van der Waals surface area contributed by atoms with Crippen LogP contribution in [0.3, 0.4) is 0 Å². The Bertz CT molecular complexity index is 671. The van der Waals surface area contributed by atoms with Crippen molar-refractivity contribution in [3.63, 3.8) is 0 Å². The molecule has 0 aromatic heterocycles. The van der Waals surface area contributed by atoms with Gasteiger partial charge in [0, 0.05) is 0 Å². The third-order valence-corrected chi connectivity index (χ3v) is 10.0. The first-order valence-corrected chi connectivity index (χ1v) is 12.0. The summed E-state index contributed by atoms with van der Waals surface area (Å²) in [4.78, 5) is 4.40. The average molecular weight is 448 g/mol. The molecule has 126 valence electrons. The van der Waals surface area contributed by atoms with Gasteiger partial charge in [-0.1, -0.05) is 0 Å². The van der Waals surface area contributed by atoms with E-state index in [9.17, 15) is 0 Å². The van der Waals surface area contributed by atoms with Gasteiger partial charge >= 0.3 is 159 Å². The van der Waals surface area contributed by atoms with E-state index in [1.165, 1.54) is 18.1 Å². The van der Waals surface area contributed by atoms with E-state index in [2.05, 4.69) is 91.7 Å². The van der Waals surface area contributed by atoms with Gasteiger partial charge in [-0.15, -0.1) is 0 Å². The Balaban J connectivity index is 2.54. The third-order valence-electron chi connectivity index (χ3n) is 3.55. The monoisotopic (exact) mass is 447 g/mol. The third kappa shape index (κ3) is 5.24. The first kappa shape index (κ1) is 19.3. The van der Waals surface area contributed by atoms with Crippen molar-refractivity contribution in [1.82, 2.24) is 9.80 Å². The molecule has 0 spiro atoms. The topological polar surface area (TPSA) is 18.8 Å². The zero-order valence-corrected chi connectivity index (χ0v) is 18.1. The van der Waals surface area contributed by atoms with Crippen molar-refractivity contribution in [3.8, 4) is 0 Å².